The van der Waals surface area contributed by atoms with Gasteiger partial charge >= 0.3 is 0 Å². The van der Waals surface area contributed by atoms with Crippen LogP contribution in [0.25, 0.3) is 10.9 Å². The van der Waals surface area contributed by atoms with Crippen molar-refractivity contribution in [2.24, 2.45) is 13.0 Å². The van der Waals surface area contributed by atoms with E-state index in [1.54, 1.807) is 0 Å². The number of fused-ring (bicyclic) bond motifs is 1. The van der Waals surface area contributed by atoms with E-state index in [0.717, 1.165) is 24.3 Å². The molecule has 136 valence electrons. The van der Waals surface area contributed by atoms with E-state index in [-0.39, 0.29) is 17.9 Å². The van der Waals surface area contributed by atoms with Gasteiger partial charge in [-0.25, -0.2) is 0 Å². The number of nitrogens with one attached hydrogen (secondary N) is 2. The number of H-pyrrole nitrogens is 1. The number of hydrogen-bond donors (Lipinski definition) is 2. The van der Waals surface area contributed by atoms with Crippen LogP contribution >= 0.6 is 0 Å². The van der Waals surface area contributed by atoms with Gasteiger partial charge in [0.1, 0.15) is 0 Å². The molecule has 0 bridgehead atoms. The topological polar surface area (TPSA) is 66.0 Å². The molecule has 3 heterocycles. The van der Waals surface area contributed by atoms with Gasteiger partial charge in [0.15, 0.2) is 0 Å². The van der Waals surface area contributed by atoms with Crippen LogP contribution in [0.2, 0.25) is 0 Å². The second kappa shape index (κ2) is 6.61. The molecule has 1 aliphatic rings. The van der Waals surface area contributed by atoms with Crippen LogP contribution in [0.3, 0.4) is 0 Å². The van der Waals surface area contributed by atoms with Crippen LogP contribution in [0.15, 0.2) is 36.7 Å². The number of benzene rings is 1. The van der Waals surface area contributed by atoms with Crippen molar-refractivity contribution in [1.82, 2.24) is 25.0 Å². The van der Waals surface area contributed by atoms with Crippen LogP contribution in [0.5, 0.6) is 0 Å². The Hall–Kier alpha value is -2.60. The second-order valence-corrected chi connectivity index (χ2v) is 7.21. The molecule has 26 heavy (non-hydrogen) atoms. The first-order valence-corrected chi connectivity index (χ1v) is 9.06. The molecule has 2 aromatic heterocycles. The zero-order valence-electron chi connectivity index (χ0n) is 15.5. The number of aryl methyl sites for hydroxylation is 1. The zero-order chi connectivity index (χ0) is 18.3. The molecule has 1 fully saturated rings. The number of hydrogen-bond acceptors (Lipinski definition) is 3. The first-order chi connectivity index (χ1) is 12.6. The molecule has 6 nitrogen and oxygen atoms in total. The molecule has 1 aliphatic heterocycles. The molecule has 2 N–H and O–H groups in total. The molecule has 6 heteroatoms. The van der Waals surface area contributed by atoms with Crippen molar-refractivity contribution in [3.8, 4) is 0 Å². The maximum absolute atomic E-state index is 12.3. The van der Waals surface area contributed by atoms with Gasteiger partial charge in [-0.3, -0.25) is 9.48 Å². The summed E-state index contributed by atoms with van der Waals surface area (Å²) in [6.45, 7) is 3.65. The molecule has 1 aromatic carbocycles. The average Bonchev–Trinajstić information content (AvgIpc) is 3.30. The summed E-state index contributed by atoms with van der Waals surface area (Å²) in [7, 11) is 3.85. The van der Waals surface area contributed by atoms with Gasteiger partial charge in [0.25, 0.3) is 0 Å². The molecule has 3 aromatic rings. The third kappa shape index (κ3) is 2.80. The summed E-state index contributed by atoms with van der Waals surface area (Å²) >= 11 is 0. The molecule has 0 saturated carbocycles. The Labute approximate surface area is 153 Å². The third-order valence-corrected chi connectivity index (χ3v) is 5.68. The third-order valence-electron chi connectivity index (χ3n) is 5.68. The Balaban J connectivity index is 1.49. The van der Waals surface area contributed by atoms with Crippen LogP contribution < -0.4 is 5.32 Å². The lowest BCUT2D eigenvalue weighted by Crippen LogP contribution is -2.29. The van der Waals surface area contributed by atoms with Crippen molar-refractivity contribution in [3.63, 3.8) is 0 Å². The molecule has 2 atom stereocenters. The van der Waals surface area contributed by atoms with Crippen molar-refractivity contribution in [2.75, 3.05) is 13.6 Å². The zero-order valence-corrected chi connectivity index (χ0v) is 15.5. The van der Waals surface area contributed by atoms with Gasteiger partial charge < -0.3 is 15.2 Å². The van der Waals surface area contributed by atoms with Crippen LogP contribution in [0, 0.1) is 12.8 Å². The average molecular weight is 351 g/mol. The summed E-state index contributed by atoms with van der Waals surface area (Å²) in [5.41, 5.74) is 4.70. The molecule has 1 amide bonds. The lowest BCUT2D eigenvalue weighted by Gasteiger charge is -2.25. The first-order valence-electron chi connectivity index (χ1n) is 9.06. The van der Waals surface area contributed by atoms with E-state index in [1.807, 2.05) is 36.1 Å². The first kappa shape index (κ1) is 16.8. The minimum absolute atomic E-state index is 0.0879. The summed E-state index contributed by atoms with van der Waals surface area (Å²) in [5.74, 6) is 0.453. The summed E-state index contributed by atoms with van der Waals surface area (Å²) in [6.07, 6.45) is 4.46. The Bertz CT molecular complexity index is 941. The van der Waals surface area contributed by atoms with Gasteiger partial charge in [-0.05, 0) is 23.9 Å². The number of nitrogens with zero attached hydrogens (tertiary/aromatic N) is 3. The molecule has 0 aliphatic carbocycles. The maximum atomic E-state index is 12.3. The number of rotatable bonds is 5. The number of carbonyl (C=O) groups is 1. The quantitative estimate of drug-likeness (QED) is 0.742. The fraction of sp³-hybridized carbons (Fsp3) is 0.400. The van der Waals surface area contributed by atoms with Gasteiger partial charge in [0.2, 0.25) is 5.91 Å². The van der Waals surface area contributed by atoms with Crippen LogP contribution in [-0.2, 0) is 18.4 Å². The Morgan fingerprint density at radius 3 is 2.92 bits per heavy atom. The molecular formula is C20H25N5O. The molecule has 0 radical (unpaired) electrons. The number of amides is 1. The summed E-state index contributed by atoms with van der Waals surface area (Å²) in [5, 5.41) is 9.16. The number of aromatic nitrogens is 3. The molecule has 0 unspecified atom stereocenters. The second-order valence-electron chi connectivity index (χ2n) is 7.21. The van der Waals surface area contributed by atoms with Crippen molar-refractivity contribution < 1.29 is 4.79 Å². The highest BCUT2D eigenvalue weighted by Gasteiger charge is 2.39. The summed E-state index contributed by atoms with van der Waals surface area (Å²) in [6, 6.07) is 8.51. The van der Waals surface area contributed by atoms with Crippen molar-refractivity contribution in [3.05, 3.63) is 53.5 Å². The highest BCUT2D eigenvalue weighted by molar-refractivity contribution is 5.82. The highest BCUT2D eigenvalue weighted by Crippen LogP contribution is 2.37. The normalized spacial score (nSPS) is 20.4. The molecule has 0 spiro atoms. The predicted octanol–water partition coefficient (Wildman–Crippen LogP) is 2.52. The number of aromatic amines is 1. The van der Waals surface area contributed by atoms with Crippen LogP contribution in [0.1, 0.15) is 29.3 Å². The van der Waals surface area contributed by atoms with Crippen molar-refractivity contribution in [1.29, 1.82) is 0 Å². The lowest BCUT2D eigenvalue weighted by molar-refractivity contribution is -0.127. The smallest absolute Gasteiger partial charge is 0.223 e. The fourth-order valence-corrected chi connectivity index (χ4v) is 4.09. The molecular weight excluding hydrogens is 326 g/mol. The summed E-state index contributed by atoms with van der Waals surface area (Å²) in [4.78, 5) is 17.5. The Morgan fingerprint density at radius 1 is 1.31 bits per heavy atom. The van der Waals surface area contributed by atoms with Crippen LogP contribution in [0.4, 0.5) is 0 Å². The van der Waals surface area contributed by atoms with Crippen molar-refractivity contribution >= 4 is 16.8 Å². The van der Waals surface area contributed by atoms with Gasteiger partial charge in [-0.2, -0.15) is 5.10 Å². The fourth-order valence-electron chi connectivity index (χ4n) is 4.09. The van der Waals surface area contributed by atoms with E-state index in [9.17, 15) is 4.79 Å². The van der Waals surface area contributed by atoms with Gasteiger partial charge in [-0.15, -0.1) is 0 Å². The van der Waals surface area contributed by atoms with Gasteiger partial charge in [0, 0.05) is 62.5 Å². The van der Waals surface area contributed by atoms with E-state index in [0.29, 0.717) is 6.42 Å². The minimum atomic E-state index is 0.0879. The van der Waals surface area contributed by atoms with Gasteiger partial charge in [0.05, 0.1) is 12.2 Å². The lowest BCUT2D eigenvalue weighted by atomic mass is 9.94. The summed E-state index contributed by atoms with van der Waals surface area (Å²) < 4.78 is 1.88. The minimum Gasteiger partial charge on any atom is -0.361 e. The number of likely N-dealkylation sites (tertiary alicyclic amines) is 1. The maximum Gasteiger partial charge on any atom is 0.223 e. The van der Waals surface area contributed by atoms with Crippen LogP contribution in [-0.4, -0.2) is 39.2 Å². The molecule has 1 saturated heterocycles. The predicted molar refractivity (Wildman–Crippen MR) is 102 cm³/mol. The van der Waals surface area contributed by atoms with Crippen molar-refractivity contribution in [2.45, 2.75) is 25.9 Å². The van der Waals surface area contributed by atoms with E-state index in [4.69, 9.17) is 0 Å². The van der Waals surface area contributed by atoms with E-state index < -0.39 is 0 Å². The largest absolute Gasteiger partial charge is 0.361 e. The monoisotopic (exact) mass is 351 g/mol. The van der Waals surface area contributed by atoms with E-state index in [1.165, 1.54) is 16.5 Å². The van der Waals surface area contributed by atoms with Gasteiger partial charge in [-0.1, -0.05) is 18.2 Å². The Morgan fingerprint density at radius 2 is 2.15 bits per heavy atom. The highest BCUT2D eigenvalue weighted by atomic mass is 16.2. The van der Waals surface area contributed by atoms with E-state index in [2.05, 4.69) is 46.6 Å². The number of carbonyl (C=O) groups excluding carboxylic acids is 1. The standard InChI is InChI=1S/C20H25N5O/c1-13-17(12-23-25(13)3)20-16(9-18(26)24(20)2)11-21-10-15-6-4-5-14-7-8-22-19(14)15/h4-8,12,16,20-22H,9-11H2,1-3H3/t16-,20+/m0/s1. The SMILES string of the molecule is Cc1c([C@H]2[C@H](CNCc3cccc4cc[nH]c34)CC(=O)N2C)cnn1C. The Kier molecular flexibility index (Phi) is 4.28. The van der Waals surface area contributed by atoms with E-state index >= 15 is 0 Å². The molecule has 4 rings (SSSR count). The number of para-hydroxylation sites is 1.